The van der Waals surface area contributed by atoms with E-state index in [2.05, 4.69) is 4.98 Å². The second-order valence-electron chi connectivity index (χ2n) is 3.05. The molecule has 0 radical (unpaired) electrons. The van der Waals surface area contributed by atoms with Crippen molar-refractivity contribution in [2.75, 3.05) is 7.11 Å². The maximum atomic E-state index is 11.6. The van der Waals surface area contributed by atoms with Crippen molar-refractivity contribution in [3.63, 3.8) is 0 Å². The fourth-order valence-corrected chi connectivity index (χ4v) is 1.33. The molecular formula is C10H10N2O2. The third kappa shape index (κ3) is 1.25. The van der Waals surface area contributed by atoms with Gasteiger partial charge in [0.1, 0.15) is 0 Å². The molecule has 72 valence electrons. The van der Waals surface area contributed by atoms with Crippen molar-refractivity contribution in [1.82, 2.24) is 9.55 Å². The maximum absolute atomic E-state index is 11.6. The fourth-order valence-electron chi connectivity index (χ4n) is 1.33. The molecule has 0 N–H and O–H groups in total. The van der Waals surface area contributed by atoms with Crippen molar-refractivity contribution >= 4 is 10.8 Å². The smallest absolute Gasteiger partial charge is 0.259 e. The number of hydrogen-bond acceptors (Lipinski definition) is 3. The number of methoxy groups -OCH3 is 1. The summed E-state index contributed by atoms with van der Waals surface area (Å²) < 4.78 is 6.50. The molecule has 0 atom stereocenters. The lowest BCUT2D eigenvalue weighted by atomic mass is 10.2. The van der Waals surface area contributed by atoms with Crippen molar-refractivity contribution < 1.29 is 4.74 Å². The van der Waals surface area contributed by atoms with Crippen LogP contribution >= 0.6 is 0 Å². The Kier molecular flexibility index (Phi) is 1.96. The Bertz CT molecular complexity index is 531. The Balaban J connectivity index is 2.81. The summed E-state index contributed by atoms with van der Waals surface area (Å²) in [5, 5.41) is 1.45. The topological polar surface area (TPSA) is 44.1 Å². The standard InChI is InChI=1S/C10H10N2O2/c1-12-4-3-7-5-9(14-2)11-6-8(7)10(12)13/h3-6H,1-2H3. The van der Waals surface area contributed by atoms with Crippen LogP contribution in [0.25, 0.3) is 10.8 Å². The molecule has 2 aromatic heterocycles. The number of aryl methyl sites for hydroxylation is 1. The lowest BCUT2D eigenvalue weighted by Crippen LogP contribution is -2.15. The summed E-state index contributed by atoms with van der Waals surface area (Å²) in [5.41, 5.74) is -0.0438. The predicted molar refractivity (Wildman–Crippen MR) is 53.5 cm³/mol. The summed E-state index contributed by atoms with van der Waals surface area (Å²) in [6.07, 6.45) is 3.26. The van der Waals surface area contributed by atoms with Gasteiger partial charge in [0.15, 0.2) is 0 Å². The highest BCUT2D eigenvalue weighted by Crippen LogP contribution is 2.13. The summed E-state index contributed by atoms with van der Waals surface area (Å²) in [6, 6.07) is 3.61. The lowest BCUT2D eigenvalue weighted by Gasteiger charge is -2.02. The highest BCUT2D eigenvalue weighted by molar-refractivity contribution is 5.81. The van der Waals surface area contributed by atoms with Crippen LogP contribution in [0.4, 0.5) is 0 Å². The highest BCUT2D eigenvalue weighted by atomic mass is 16.5. The van der Waals surface area contributed by atoms with Gasteiger partial charge in [0.05, 0.1) is 12.5 Å². The second-order valence-corrected chi connectivity index (χ2v) is 3.05. The Labute approximate surface area is 80.8 Å². The molecule has 0 aliphatic carbocycles. The molecule has 0 saturated carbocycles. The van der Waals surface area contributed by atoms with Crippen molar-refractivity contribution in [2.24, 2.45) is 7.05 Å². The third-order valence-electron chi connectivity index (χ3n) is 2.15. The van der Waals surface area contributed by atoms with Crippen LogP contribution in [0.1, 0.15) is 0 Å². The van der Waals surface area contributed by atoms with Crippen LogP contribution in [0.5, 0.6) is 5.88 Å². The molecular weight excluding hydrogens is 180 g/mol. The zero-order chi connectivity index (χ0) is 10.1. The highest BCUT2D eigenvalue weighted by Gasteiger charge is 2.01. The van der Waals surface area contributed by atoms with E-state index in [9.17, 15) is 4.79 Å². The van der Waals surface area contributed by atoms with Gasteiger partial charge in [-0.05, 0) is 11.5 Å². The van der Waals surface area contributed by atoms with E-state index in [-0.39, 0.29) is 5.56 Å². The van der Waals surface area contributed by atoms with E-state index >= 15 is 0 Å². The molecule has 0 saturated heterocycles. The number of pyridine rings is 2. The van der Waals surface area contributed by atoms with Gasteiger partial charge in [-0.2, -0.15) is 0 Å². The van der Waals surface area contributed by atoms with Gasteiger partial charge in [0.2, 0.25) is 5.88 Å². The molecule has 2 rings (SSSR count). The lowest BCUT2D eigenvalue weighted by molar-refractivity contribution is 0.398. The van der Waals surface area contributed by atoms with Gasteiger partial charge in [-0.25, -0.2) is 4.98 Å². The first-order valence-electron chi connectivity index (χ1n) is 4.22. The molecule has 0 bridgehead atoms. The molecule has 0 fully saturated rings. The van der Waals surface area contributed by atoms with Crippen LogP contribution in [-0.4, -0.2) is 16.7 Å². The minimum absolute atomic E-state index is 0.0438. The summed E-state index contributed by atoms with van der Waals surface area (Å²) in [7, 11) is 3.27. The van der Waals surface area contributed by atoms with Crippen LogP contribution in [-0.2, 0) is 7.05 Å². The molecule has 0 spiro atoms. The summed E-state index contributed by atoms with van der Waals surface area (Å²) in [5.74, 6) is 0.519. The molecule has 0 amide bonds. The first-order chi connectivity index (χ1) is 6.72. The van der Waals surface area contributed by atoms with E-state index in [1.807, 2.05) is 6.07 Å². The number of fused-ring (bicyclic) bond motifs is 1. The van der Waals surface area contributed by atoms with Gasteiger partial charge in [0, 0.05) is 25.5 Å². The minimum Gasteiger partial charge on any atom is -0.481 e. The molecule has 2 aromatic rings. The zero-order valence-corrected chi connectivity index (χ0v) is 8.02. The van der Waals surface area contributed by atoms with Gasteiger partial charge >= 0.3 is 0 Å². The molecule has 2 heterocycles. The average Bonchev–Trinajstić information content (AvgIpc) is 2.23. The largest absolute Gasteiger partial charge is 0.481 e. The number of ether oxygens (including phenoxy) is 1. The summed E-state index contributed by atoms with van der Waals surface area (Å²) in [6.45, 7) is 0. The van der Waals surface area contributed by atoms with Crippen molar-refractivity contribution in [1.29, 1.82) is 0 Å². The first-order valence-corrected chi connectivity index (χ1v) is 4.22. The first kappa shape index (κ1) is 8.74. The Morgan fingerprint density at radius 3 is 3.00 bits per heavy atom. The van der Waals surface area contributed by atoms with Gasteiger partial charge in [-0.1, -0.05) is 0 Å². The van der Waals surface area contributed by atoms with E-state index < -0.39 is 0 Å². The number of nitrogens with zero attached hydrogens (tertiary/aromatic N) is 2. The van der Waals surface area contributed by atoms with Crippen molar-refractivity contribution in [2.45, 2.75) is 0 Å². The van der Waals surface area contributed by atoms with Crippen molar-refractivity contribution in [3.05, 3.63) is 34.9 Å². The van der Waals surface area contributed by atoms with Gasteiger partial charge in [0.25, 0.3) is 5.56 Å². The van der Waals surface area contributed by atoms with Crippen LogP contribution in [0, 0.1) is 0 Å². The fraction of sp³-hybridized carbons (Fsp3) is 0.200. The molecule has 0 unspecified atom stereocenters. The van der Waals surface area contributed by atoms with Crippen molar-refractivity contribution in [3.8, 4) is 5.88 Å². The second kappa shape index (κ2) is 3.14. The van der Waals surface area contributed by atoms with Gasteiger partial charge < -0.3 is 9.30 Å². The average molecular weight is 190 g/mol. The third-order valence-corrected chi connectivity index (χ3v) is 2.15. The van der Waals surface area contributed by atoms with Crippen LogP contribution < -0.4 is 10.3 Å². The molecule has 4 heteroatoms. The predicted octanol–water partition coefficient (Wildman–Crippen LogP) is 0.942. The van der Waals surface area contributed by atoms with E-state index in [4.69, 9.17) is 4.74 Å². The van der Waals surface area contributed by atoms with Crippen LogP contribution in [0.3, 0.4) is 0 Å². The number of hydrogen-bond donors (Lipinski definition) is 0. The molecule has 0 aromatic carbocycles. The SMILES string of the molecule is COc1cc2ccn(C)c(=O)c2cn1. The normalized spacial score (nSPS) is 10.4. The molecule has 0 aliphatic rings. The quantitative estimate of drug-likeness (QED) is 0.672. The molecule has 0 aliphatic heterocycles. The Morgan fingerprint density at radius 2 is 2.29 bits per heavy atom. The van der Waals surface area contributed by atoms with Crippen LogP contribution in [0.15, 0.2) is 29.3 Å². The Hall–Kier alpha value is -1.84. The summed E-state index contributed by atoms with van der Waals surface area (Å²) in [4.78, 5) is 15.6. The van der Waals surface area contributed by atoms with Crippen LogP contribution in [0.2, 0.25) is 0 Å². The summed E-state index contributed by atoms with van der Waals surface area (Å²) >= 11 is 0. The maximum Gasteiger partial charge on any atom is 0.259 e. The van der Waals surface area contributed by atoms with E-state index in [0.717, 1.165) is 5.39 Å². The molecule has 4 nitrogen and oxygen atoms in total. The monoisotopic (exact) mass is 190 g/mol. The van der Waals surface area contributed by atoms with Gasteiger partial charge in [-0.15, -0.1) is 0 Å². The molecule has 14 heavy (non-hydrogen) atoms. The number of aromatic nitrogens is 2. The minimum atomic E-state index is -0.0438. The number of rotatable bonds is 1. The van der Waals surface area contributed by atoms with Gasteiger partial charge in [-0.3, -0.25) is 4.79 Å². The van der Waals surface area contributed by atoms with E-state index in [1.165, 1.54) is 10.8 Å². The zero-order valence-electron chi connectivity index (χ0n) is 8.02. The van der Waals surface area contributed by atoms with E-state index in [1.54, 1.807) is 26.4 Å². The van der Waals surface area contributed by atoms with E-state index in [0.29, 0.717) is 11.3 Å². The Morgan fingerprint density at radius 1 is 1.50 bits per heavy atom.